The molecule has 26 nitrogen and oxygen atoms in total. The van der Waals surface area contributed by atoms with Gasteiger partial charge in [0.05, 0.1) is 28.5 Å². The van der Waals surface area contributed by atoms with Gasteiger partial charge in [0.1, 0.15) is 11.5 Å². The van der Waals surface area contributed by atoms with Gasteiger partial charge in [-0.05, 0) is 92.5 Å². The third-order valence-corrected chi connectivity index (χ3v) is 14.6. The number of ketones is 5. The number of anilines is 4. The van der Waals surface area contributed by atoms with Crippen molar-refractivity contribution >= 4 is 75.7 Å². The third-order valence-electron chi connectivity index (χ3n) is 14.6. The fourth-order valence-electron chi connectivity index (χ4n) is 10.2. The number of hydrogen-bond donors (Lipinski definition) is 5. The molecule has 0 saturated carbocycles. The summed E-state index contributed by atoms with van der Waals surface area (Å²) in [7, 11) is 19.3. The van der Waals surface area contributed by atoms with E-state index in [4.69, 9.17) is 0 Å². The van der Waals surface area contributed by atoms with Crippen LogP contribution in [-0.4, -0.2) is 143 Å². The smallest absolute Gasteiger partial charge is 0.292 e. The van der Waals surface area contributed by atoms with Gasteiger partial charge >= 0.3 is 0 Å². The number of rotatable bonds is 29. The molecule has 26 heteroatoms. The summed E-state index contributed by atoms with van der Waals surface area (Å²) in [5.74, 6) is -2.68. The number of aryl methyl sites for hydroxylation is 8. The molecule has 8 rings (SSSR count). The topological polar surface area (TPSA) is 295 Å². The summed E-state index contributed by atoms with van der Waals surface area (Å²) >= 11 is 0. The Morgan fingerprint density at radius 3 is 1.20 bits per heavy atom. The zero-order valence-corrected chi connectivity index (χ0v) is 50.3. The van der Waals surface area contributed by atoms with E-state index in [0.29, 0.717) is 58.0 Å². The minimum absolute atomic E-state index is 0.000952. The lowest BCUT2D eigenvalue weighted by atomic mass is 10.1. The van der Waals surface area contributed by atoms with Crippen molar-refractivity contribution in [1.29, 1.82) is 0 Å². The highest BCUT2D eigenvalue weighted by atomic mass is 16.2. The highest BCUT2D eigenvalue weighted by Gasteiger charge is 2.25. The van der Waals surface area contributed by atoms with E-state index in [9.17, 15) is 43.2 Å². The Balaban J connectivity index is 0.758. The molecule has 452 valence electrons. The molecule has 0 spiro atoms. The van der Waals surface area contributed by atoms with E-state index >= 15 is 0 Å². The zero-order chi connectivity index (χ0) is 62.3. The van der Waals surface area contributed by atoms with Gasteiger partial charge in [0.15, 0.2) is 40.6 Å². The lowest BCUT2D eigenvalue weighted by Crippen LogP contribution is -2.27. The maximum atomic E-state index is 13.6. The van der Waals surface area contributed by atoms with Gasteiger partial charge in [-0.2, -0.15) is 0 Å². The molecular weight excluding hydrogens is 1100 g/mol. The maximum Gasteiger partial charge on any atom is 0.292 e. The highest BCUT2D eigenvalue weighted by Crippen LogP contribution is 2.22. The van der Waals surface area contributed by atoms with Crippen LogP contribution >= 0.6 is 0 Å². The number of hydrogen-bond acceptors (Lipinski definition) is 14. The Morgan fingerprint density at radius 2 is 0.791 bits per heavy atom. The van der Waals surface area contributed by atoms with Gasteiger partial charge in [-0.1, -0.05) is 0 Å². The second-order valence-corrected chi connectivity index (χ2v) is 22.0. The van der Waals surface area contributed by atoms with Crippen LogP contribution in [0, 0.1) is 0 Å². The molecule has 0 atom stereocenters. The number of unbranched alkanes of at least 4 members (excludes halogenated alkanes) is 1. The van der Waals surface area contributed by atoms with Crippen LogP contribution in [0.15, 0.2) is 79.9 Å². The van der Waals surface area contributed by atoms with Crippen LogP contribution in [0.5, 0.6) is 0 Å². The molecule has 4 amide bonds. The largest absolute Gasteiger partial charge is 0.387 e. The number of aromatic nitrogens is 11. The molecule has 8 aromatic rings. The Labute approximate surface area is 496 Å². The summed E-state index contributed by atoms with van der Waals surface area (Å²) in [5.41, 5.74) is 5.68. The standard InChI is InChI=1S/C60H73N17O9/c1-61-40-27-46(74(8)32-40)57(83)66-51-33-76(10)55(64-51)59(85)68-53-35-77(11)56(65-53)60(86)67-52-34-75(9)54(63-52)58(84)62-17-14-15-41(78)19-36-20-43(71(5)28-36)48(80)25-38-22-45(73(7)30-38)50(82)26-39-23-44(72(6)31-39)49(81)24-37-21-42(70(4)29-37)47(79)16-12-13-18-69(2)3/h20-23,27-35,61H,12-19,24-26H2,1-11H3,(H,62,84)(H,66,83)(H,67,86)(H,68,85). The van der Waals surface area contributed by atoms with E-state index in [1.807, 2.05) is 27.3 Å². The molecule has 0 saturated heterocycles. The normalized spacial score (nSPS) is 11.3. The molecular formula is C60H73N17O9. The molecule has 0 aliphatic heterocycles. The first-order valence-electron chi connectivity index (χ1n) is 27.9. The Morgan fingerprint density at radius 1 is 0.407 bits per heavy atom. The molecule has 86 heavy (non-hydrogen) atoms. The molecule has 0 radical (unpaired) electrons. The van der Waals surface area contributed by atoms with E-state index in [2.05, 4.69) is 46.4 Å². The number of nitrogens with zero attached hydrogens (tertiary/aromatic N) is 12. The first-order chi connectivity index (χ1) is 40.8. The fourth-order valence-corrected chi connectivity index (χ4v) is 10.2. The average Bonchev–Trinajstić information content (AvgIpc) is 2.64. The Bertz CT molecular complexity index is 3920. The molecule has 0 aromatic carbocycles. The fraction of sp³-hybridized carbons (Fsp3) is 0.367. The van der Waals surface area contributed by atoms with E-state index in [1.165, 1.54) is 32.3 Å². The Kier molecular flexibility index (Phi) is 19.3. The number of carbonyl (C=O) groups is 9. The van der Waals surface area contributed by atoms with Crippen molar-refractivity contribution in [1.82, 2.24) is 61.7 Å². The van der Waals surface area contributed by atoms with Crippen LogP contribution in [0.25, 0.3) is 0 Å². The lowest BCUT2D eigenvalue weighted by Gasteiger charge is -2.08. The van der Waals surface area contributed by atoms with Crippen LogP contribution < -0.4 is 26.6 Å². The van der Waals surface area contributed by atoms with Gasteiger partial charge in [0, 0.05) is 158 Å². The van der Waals surface area contributed by atoms with Crippen LogP contribution in [0.1, 0.15) is 139 Å². The second-order valence-electron chi connectivity index (χ2n) is 22.0. The summed E-state index contributed by atoms with van der Waals surface area (Å²) in [5, 5.41) is 13.7. The van der Waals surface area contributed by atoms with E-state index in [0.717, 1.165) is 30.6 Å². The summed E-state index contributed by atoms with van der Waals surface area (Å²) in [6.45, 7) is 1.07. The molecule has 5 N–H and O–H groups in total. The lowest BCUT2D eigenvalue weighted by molar-refractivity contribution is -0.118. The van der Waals surface area contributed by atoms with E-state index in [-0.39, 0.29) is 102 Å². The molecule has 8 heterocycles. The van der Waals surface area contributed by atoms with Crippen LogP contribution in [0.4, 0.5) is 23.1 Å². The predicted molar refractivity (Wildman–Crippen MR) is 321 cm³/mol. The molecule has 0 fully saturated rings. The van der Waals surface area contributed by atoms with Gasteiger partial charge in [-0.15, -0.1) is 0 Å². The van der Waals surface area contributed by atoms with Crippen LogP contribution in [-0.2, 0) is 86.9 Å². The summed E-state index contributed by atoms with van der Waals surface area (Å²) in [6.07, 6.45) is 16.1. The molecule has 0 unspecified atom stereocenters. The number of nitrogens with one attached hydrogen (secondary N) is 5. The zero-order valence-electron chi connectivity index (χ0n) is 50.3. The molecule has 0 bridgehead atoms. The number of carbonyl (C=O) groups excluding carboxylic acids is 9. The quantitative estimate of drug-likeness (QED) is 0.0308. The van der Waals surface area contributed by atoms with Crippen LogP contribution in [0.2, 0.25) is 0 Å². The molecule has 0 aliphatic carbocycles. The van der Waals surface area contributed by atoms with Gasteiger partial charge in [0.2, 0.25) is 17.5 Å². The average molecular weight is 1180 g/mol. The van der Waals surface area contributed by atoms with Crippen molar-refractivity contribution in [2.75, 3.05) is 55.5 Å². The van der Waals surface area contributed by atoms with Gasteiger partial charge in [-0.25, -0.2) is 15.0 Å². The summed E-state index contributed by atoms with van der Waals surface area (Å²) in [4.78, 5) is 134. The van der Waals surface area contributed by atoms with Crippen LogP contribution in [0.3, 0.4) is 0 Å². The summed E-state index contributed by atoms with van der Waals surface area (Å²) < 4.78 is 12.8. The van der Waals surface area contributed by atoms with Gasteiger partial charge in [-0.3, -0.25) is 43.2 Å². The molecule has 0 aliphatic rings. The number of imidazole rings is 3. The molecule has 8 aromatic heterocycles. The minimum atomic E-state index is -0.672. The van der Waals surface area contributed by atoms with E-state index < -0.39 is 23.6 Å². The van der Waals surface area contributed by atoms with Crippen molar-refractivity contribution in [3.8, 4) is 0 Å². The first kappa shape index (κ1) is 62.1. The van der Waals surface area contributed by atoms with E-state index in [1.54, 1.807) is 134 Å². The van der Waals surface area contributed by atoms with Crippen molar-refractivity contribution < 1.29 is 43.2 Å². The third kappa shape index (κ3) is 15.0. The second kappa shape index (κ2) is 26.7. The predicted octanol–water partition coefficient (Wildman–Crippen LogP) is 4.89. The van der Waals surface area contributed by atoms with Crippen molar-refractivity contribution in [3.63, 3.8) is 0 Å². The first-order valence-corrected chi connectivity index (χ1v) is 27.9. The number of amides is 4. The highest BCUT2D eigenvalue weighted by molar-refractivity contribution is 6.06. The van der Waals surface area contributed by atoms with Gasteiger partial charge in [0.25, 0.3) is 23.6 Å². The Hall–Kier alpha value is -9.98. The van der Waals surface area contributed by atoms with Crippen molar-refractivity contribution in [2.45, 2.75) is 57.8 Å². The SMILES string of the molecule is CNc1cc(C(=O)Nc2cn(C)c(C(=O)Nc3cn(C)c(C(=O)Nc4cn(C)c(C(=O)NCCCC(=O)Cc5cc(C(=O)Cc6cc(C(=O)Cc7cc(C(=O)Cc8cc(C(=O)CCCCN(C)C)n(C)c8)n(C)c7)n(C)c6)n(C)c5)n4)n3)n2)n(C)c1. The van der Waals surface area contributed by atoms with Crippen molar-refractivity contribution in [3.05, 3.63) is 148 Å². The summed E-state index contributed by atoms with van der Waals surface area (Å²) in [6, 6.07) is 8.58. The minimum Gasteiger partial charge on any atom is -0.387 e. The maximum absolute atomic E-state index is 13.6. The number of Topliss-reactive ketones (excluding diaryl/α,β-unsaturated/α-hetero) is 5. The monoisotopic (exact) mass is 1180 g/mol. The van der Waals surface area contributed by atoms with Gasteiger partial charge < -0.3 is 68.0 Å². The van der Waals surface area contributed by atoms with Crippen molar-refractivity contribution in [2.24, 2.45) is 56.4 Å².